The fraction of sp³-hybridized carbons (Fsp3) is 0.0333. The van der Waals surface area contributed by atoms with Crippen molar-refractivity contribution in [2.75, 3.05) is 0 Å². The van der Waals surface area contributed by atoms with Crippen molar-refractivity contribution in [2.24, 2.45) is 5.73 Å². The van der Waals surface area contributed by atoms with Gasteiger partial charge in [-0.15, -0.1) is 0 Å². The molecule has 6 aromatic rings. The van der Waals surface area contributed by atoms with E-state index in [-0.39, 0.29) is 0 Å². The average Bonchev–Trinajstić information content (AvgIpc) is 3.17. The number of rotatable bonds is 4. The molecule has 0 aliphatic rings. The van der Waals surface area contributed by atoms with Crippen molar-refractivity contribution in [1.29, 1.82) is 0 Å². The second-order valence-corrected chi connectivity index (χ2v) is 9.45. The highest BCUT2D eigenvalue weighted by atomic mass is 35.5. The lowest BCUT2D eigenvalue weighted by atomic mass is 10.0. The van der Waals surface area contributed by atoms with Crippen LogP contribution in [0.5, 0.6) is 0 Å². The standard InChI is InChI=1S/C30H19Cl2N2O/c31-22-11-13-23(26(32)16-22)21-10-12-24-28(15-21)34(27-7-3-6-25(29(24)27)30(33)35)17-18-8-9-19-4-1-2-5-20(19)14-18/h1-11,13-16H,17H2,(H2,33,35). The van der Waals surface area contributed by atoms with Gasteiger partial charge < -0.3 is 10.3 Å². The molecule has 2 N–H and O–H groups in total. The zero-order valence-electron chi connectivity index (χ0n) is 18.6. The summed E-state index contributed by atoms with van der Waals surface area (Å²) in [5, 5.41) is 5.19. The quantitative estimate of drug-likeness (QED) is 0.266. The lowest BCUT2D eigenvalue weighted by Gasteiger charge is -2.11. The van der Waals surface area contributed by atoms with Crippen molar-refractivity contribution in [2.45, 2.75) is 6.54 Å². The number of benzene rings is 5. The molecular weight excluding hydrogens is 475 g/mol. The van der Waals surface area contributed by atoms with Crippen molar-refractivity contribution < 1.29 is 4.79 Å². The summed E-state index contributed by atoms with van der Waals surface area (Å²) in [6.45, 7) is 0.624. The number of halogens is 2. The molecule has 0 unspecified atom stereocenters. The van der Waals surface area contributed by atoms with Crippen LogP contribution < -0.4 is 5.73 Å². The molecular formula is C30H19Cl2N2O. The number of hydrogen-bond donors (Lipinski definition) is 1. The van der Waals surface area contributed by atoms with Crippen LogP contribution in [0.2, 0.25) is 10.0 Å². The number of carbonyl (C=O) groups excluding carboxylic acids is 1. The number of nitrogens with two attached hydrogens (primary N) is 1. The third-order valence-corrected chi connectivity index (χ3v) is 7.00. The summed E-state index contributed by atoms with van der Waals surface area (Å²) in [6, 6.07) is 33.3. The Morgan fingerprint density at radius 2 is 1.69 bits per heavy atom. The molecule has 1 aromatic heterocycles. The number of hydrogen-bond acceptors (Lipinski definition) is 1. The van der Waals surface area contributed by atoms with Crippen LogP contribution in [0.1, 0.15) is 15.9 Å². The number of carbonyl (C=O) groups is 1. The van der Waals surface area contributed by atoms with E-state index >= 15 is 0 Å². The lowest BCUT2D eigenvalue weighted by Crippen LogP contribution is -2.11. The van der Waals surface area contributed by atoms with Crippen LogP contribution in [0.15, 0.2) is 91.0 Å². The highest BCUT2D eigenvalue weighted by Crippen LogP contribution is 2.37. The molecule has 3 nitrogen and oxygen atoms in total. The van der Waals surface area contributed by atoms with E-state index in [0.29, 0.717) is 22.2 Å². The molecule has 0 fully saturated rings. The molecule has 0 aliphatic carbocycles. The molecule has 0 bridgehead atoms. The van der Waals surface area contributed by atoms with Gasteiger partial charge in [-0.25, -0.2) is 0 Å². The molecule has 5 aromatic carbocycles. The van der Waals surface area contributed by atoms with E-state index in [9.17, 15) is 4.79 Å². The zero-order chi connectivity index (χ0) is 24.1. The van der Waals surface area contributed by atoms with Crippen LogP contribution in [0.3, 0.4) is 0 Å². The van der Waals surface area contributed by atoms with Gasteiger partial charge in [0.2, 0.25) is 5.91 Å². The van der Waals surface area contributed by atoms with E-state index in [4.69, 9.17) is 28.9 Å². The molecule has 1 amide bonds. The normalized spacial score (nSPS) is 11.5. The highest BCUT2D eigenvalue weighted by molar-refractivity contribution is 6.36. The zero-order valence-corrected chi connectivity index (χ0v) is 20.1. The summed E-state index contributed by atoms with van der Waals surface area (Å²) in [4.78, 5) is 12.3. The van der Waals surface area contributed by atoms with E-state index in [2.05, 4.69) is 47.0 Å². The van der Waals surface area contributed by atoms with Gasteiger partial charge in [0.15, 0.2) is 0 Å². The van der Waals surface area contributed by atoms with Gasteiger partial charge in [0.05, 0.1) is 11.0 Å². The number of fused-ring (bicyclic) bond motifs is 4. The van der Waals surface area contributed by atoms with Crippen molar-refractivity contribution in [3.8, 4) is 11.1 Å². The van der Waals surface area contributed by atoms with Gasteiger partial charge in [-0.3, -0.25) is 4.79 Å². The third-order valence-electron chi connectivity index (χ3n) is 6.46. The van der Waals surface area contributed by atoms with Gasteiger partial charge in [-0.2, -0.15) is 0 Å². The molecule has 35 heavy (non-hydrogen) atoms. The van der Waals surface area contributed by atoms with Crippen molar-refractivity contribution >= 4 is 61.7 Å². The highest BCUT2D eigenvalue weighted by Gasteiger charge is 2.18. The van der Waals surface area contributed by atoms with E-state index in [1.54, 1.807) is 12.1 Å². The van der Waals surface area contributed by atoms with Gasteiger partial charge >= 0.3 is 0 Å². The maximum absolute atomic E-state index is 12.3. The molecule has 0 spiro atoms. The Kier molecular flexibility index (Phi) is 5.25. The molecule has 0 atom stereocenters. The first kappa shape index (κ1) is 21.7. The van der Waals surface area contributed by atoms with E-state index in [1.165, 1.54) is 10.8 Å². The first-order chi connectivity index (χ1) is 17.0. The largest absolute Gasteiger partial charge is 0.366 e. The average molecular weight is 494 g/mol. The van der Waals surface area contributed by atoms with Crippen LogP contribution in [0.25, 0.3) is 43.7 Å². The Morgan fingerprint density at radius 1 is 0.857 bits per heavy atom. The minimum atomic E-state index is -0.460. The van der Waals surface area contributed by atoms with Crippen LogP contribution in [0.4, 0.5) is 0 Å². The fourth-order valence-corrected chi connectivity index (χ4v) is 5.35. The molecule has 0 aliphatic heterocycles. The SMILES string of the molecule is NC(=O)c1cccc2c1c1[c]cc(-c3ccc(Cl)cc3Cl)cc1n2Cc1ccc2ccccc2c1. The maximum atomic E-state index is 12.3. The summed E-state index contributed by atoms with van der Waals surface area (Å²) < 4.78 is 2.21. The molecule has 0 saturated carbocycles. The van der Waals surface area contributed by atoms with Crippen LogP contribution >= 0.6 is 23.2 Å². The Balaban J connectivity index is 1.61. The topological polar surface area (TPSA) is 48.0 Å². The first-order valence-electron chi connectivity index (χ1n) is 11.2. The molecule has 169 valence electrons. The number of aromatic nitrogens is 1. The minimum Gasteiger partial charge on any atom is -0.366 e. The van der Waals surface area contributed by atoms with Crippen molar-refractivity contribution in [3.05, 3.63) is 118 Å². The Labute approximate surface area is 212 Å². The molecule has 6 rings (SSSR count). The van der Waals surface area contributed by atoms with Gasteiger partial charge in [0.25, 0.3) is 0 Å². The fourth-order valence-electron chi connectivity index (χ4n) is 4.83. The van der Waals surface area contributed by atoms with Crippen molar-refractivity contribution in [1.82, 2.24) is 4.57 Å². The predicted octanol–water partition coefficient (Wildman–Crippen LogP) is 7.87. The summed E-state index contributed by atoms with van der Waals surface area (Å²) in [5.74, 6) is -0.460. The second kappa shape index (κ2) is 8.46. The van der Waals surface area contributed by atoms with E-state index in [0.717, 1.165) is 38.5 Å². The second-order valence-electron chi connectivity index (χ2n) is 8.60. The Bertz CT molecular complexity index is 1790. The monoisotopic (exact) mass is 493 g/mol. The number of amides is 1. The predicted molar refractivity (Wildman–Crippen MR) is 145 cm³/mol. The number of nitrogens with zero attached hydrogens (tertiary/aromatic N) is 1. The number of primary amides is 1. The summed E-state index contributed by atoms with van der Waals surface area (Å²) in [7, 11) is 0. The summed E-state index contributed by atoms with van der Waals surface area (Å²) in [5.41, 5.74) is 11.1. The molecule has 0 saturated heterocycles. The van der Waals surface area contributed by atoms with E-state index < -0.39 is 5.91 Å². The summed E-state index contributed by atoms with van der Waals surface area (Å²) in [6.07, 6.45) is 0. The first-order valence-corrected chi connectivity index (χ1v) is 11.9. The Hall–Kier alpha value is -3.79. The smallest absolute Gasteiger partial charge is 0.249 e. The van der Waals surface area contributed by atoms with Gasteiger partial charge in [0, 0.05) is 38.5 Å². The molecule has 1 heterocycles. The van der Waals surface area contributed by atoms with Crippen LogP contribution in [-0.2, 0) is 6.54 Å². The third kappa shape index (κ3) is 3.74. The Morgan fingerprint density at radius 3 is 2.49 bits per heavy atom. The van der Waals surface area contributed by atoms with E-state index in [1.807, 2.05) is 42.5 Å². The van der Waals surface area contributed by atoms with Gasteiger partial charge in [0.1, 0.15) is 0 Å². The van der Waals surface area contributed by atoms with Crippen molar-refractivity contribution in [3.63, 3.8) is 0 Å². The van der Waals surface area contributed by atoms with Crippen LogP contribution in [0, 0.1) is 6.07 Å². The minimum absolute atomic E-state index is 0.460. The molecule has 5 heteroatoms. The molecule has 1 radical (unpaired) electrons. The maximum Gasteiger partial charge on any atom is 0.249 e. The van der Waals surface area contributed by atoms with Crippen LogP contribution in [-0.4, -0.2) is 10.5 Å². The van der Waals surface area contributed by atoms with Gasteiger partial charge in [-0.05, 0) is 70.4 Å². The lowest BCUT2D eigenvalue weighted by molar-refractivity contribution is 0.100. The van der Waals surface area contributed by atoms with Gasteiger partial charge in [-0.1, -0.05) is 71.7 Å². The summed E-state index contributed by atoms with van der Waals surface area (Å²) >= 11 is 12.6.